The summed E-state index contributed by atoms with van der Waals surface area (Å²) in [5.41, 5.74) is 3.72. The SMILES string of the molecule is CCOc1cc(/C=C2/C(=O)N(CC)C(=S)N2C)cc(I)c1OCc1ccc(C)cc1. The quantitative estimate of drug-likeness (QED) is 0.283. The third kappa shape index (κ3) is 4.78. The Bertz CT molecular complexity index is 989. The number of nitrogens with zero attached hydrogens (tertiary/aromatic N) is 2. The summed E-state index contributed by atoms with van der Waals surface area (Å²) >= 11 is 7.62. The summed E-state index contributed by atoms with van der Waals surface area (Å²) < 4.78 is 12.9. The Morgan fingerprint density at radius 2 is 1.83 bits per heavy atom. The molecular formula is C23H25IN2O3S. The number of hydrogen-bond acceptors (Lipinski definition) is 4. The van der Waals surface area contributed by atoms with Crippen molar-refractivity contribution in [2.24, 2.45) is 0 Å². The van der Waals surface area contributed by atoms with Gasteiger partial charge in [0.25, 0.3) is 5.91 Å². The molecule has 30 heavy (non-hydrogen) atoms. The van der Waals surface area contributed by atoms with Crippen LogP contribution in [0.1, 0.15) is 30.5 Å². The molecule has 0 saturated carbocycles. The van der Waals surface area contributed by atoms with Crippen LogP contribution in [0.3, 0.4) is 0 Å². The van der Waals surface area contributed by atoms with Crippen molar-refractivity contribution in [3.05, 3.63) is 62.4 Å². The molecule has 1 heterocycles. The molecule has 3 rings (SSSR count). The van der Waals surface area contributed by atoms with E-state index in [0.29, 0.717) is 42.1 Å². The zero-order valence-electron chi connectivity index (χ0n) is 17.6. The lowest BCUT2D eigenvalue weighted by Gasteiger charge is -2.16. The molecule has 1 amide bonds. The molecule has 0 radical (unpaired) electrons. The molecule has 7 heteroatoms. The predicted molar refractivity (Wildman–Crippen MR) is 132 cm³/mol. The van der Waals surface area contributed by atoms with Crippen molar-refractivity contribution in [2.45, 2.75) is 27.4 Å². The van der Waals surface area contributed by atoms with Crippen molar-refractivity contribution in [1.82, 2.24) is 9.80 Å². The zero-order valence-corrected chi connectivity index (χ0v) is 20.5. The minimum Gasteiger partial charge on any atom is -0.490 e. The van der Waals surface area contributed by atoms with E-state index in [0.717, 1.165) is 14.7 Å². The van der Waals surface area contributed by atoms with Gasteiger partial charge in [0.1, 0.15) is 12.3 Å². The van der Waals surface area contributed by atoms with E-state index in [2.05, 4.69) is 53.8 Å². The number of carbonyl (C=O) groups excluding carboxylic acids is 1. The highest BCUT2D eigenvalue weighted by atomic mass is 127. The fourth-order valence-electron chi connectivity index (χ4n) is 3.16. The van der Waals surface area contributed by atoms with Crippen LogP contribution in [0, 0.1) is 10.5 Å². The smallest absolute Gasteiger partial charge is 0.276 e. The molecule has 0 aromatic heterocycles. The Balaban J connectivity index is 1.90. The monoisotopic (exact) mass is 536 g/mol. The van der Waals surface area contributed by atoms with Gasteiger partial charge in [-0.25, -0.2) is 0 Å². The van der Waals surface area contributed by atoms with Gasteiger partial charge in [0.05, 0.1) is 10.2 Å². The number of rotatable bonds is 7. The van der Waals surface area contributed by atoms with Crippen molar-refractivity contribution < 1.29 is 14.3 Å². The molecule has 2 aromatic carbocycles. The van der Waals surface area contributed by atoms with Gasteiger partial charge in [0.15, 0.2) is 16.6 Å². The van der Waals surface area contributed by atoms with E-state index in [-0.39, 0.29) is 5.91 Å². The summed E-state index contributed by atoms with van der Waals surface area (Å²) in [4.78, 5) is 16.0. The predicted octanol–water partition coefficient (Wildman–Crippen LogP) is 5.00. The van der Waals surface area contributed by atoms with Gasteiger partial charge in [-0.1, -0.05) is 29.8 Å². The minimum absolute atomic E-state index is 0.0855. The molecule has 0 bridgehead atoms. The molecule has 5 nitrogen and oxygen atoms in total. The Morgan fingerprint density at radius 3 is 2.43 bits per heavy atom. The number of carbonyl (C=O) groups is 1. The van der Waals surface area contributed by atoms with Crippen molar-refractivity contribution in [1.29, 1.82) is 0 Å². The normalized spacial score (nSPS) is 15.3. The maximum Gasteiger partial charge on any atom is 0.276 e. The lowest BCUT2D eigenvalue weighted by atomic mass is 10.1. The summed E-state index contributed by atoms with van der Waals surface area (Å²) in [5.74, 6) is 1.28. The fraction of sp³-hybridized carbons (Fsp3) is 0.304. The van der Waals surface area contributed by atoms with Crippen LogP contribution >= 0.6 is 34.8 Å². The molecule has 1 fully saturated rings. The molecule has 0 aliphatic carbocycles. The van der Waals surface area contributed by atoms with Crippen molar-refractivity contribution >= 4 is 51.9 Å². The third-order valence-electron chi connectivity index (χ3n) is 4.80. The zero-order chi connectivity index (χ0) is 21.8. The first-order valence-electron chi connectivity index (χ1n) is 9.81. The standard InChI is InChI=1S/C23H25IN2O3S/c1-5-26-22(27)19(25(4)23(26)30)12-17-11-18(24)21(20(13-17)28-6-2)29-14-16-9-7-15(3)8-10-16/h7-13H,5-6,14H2,1-4H3/b19-12-. The molecule has 1 aliphatic heterocycles. The van der Waals surface area contributed by atoms with E-state index in [4.69, 9.17) is 21.7 Å². The lowest BCUT2D eigenvalue weighted by molar-refractivity contribution is -0.122. The molecule has 0 N–H and O–H groups in total. The maximum absolute atomic E-state index is 12.7. The summed E-state index contributed by atoms with van der Waals surface area (Å²) in [6.07, 6.45) is 1.85. The van der Waals surface area contributed by atoms with Gasteiger partial charge in [0, 0.05) is 13.6 Å². The van der Waals surface area contributed by atoms with Gasteiger partial charge in [-0.3, -0.25) is 9.69 Å². The molecule has 0 atom stereocenters. The number of hydrogen-bond donors (Lipinski definition) is 0. The van der Waals surface area contributed by atoms with E-state index < -0.39 is 0 Å². The van der Waals surface area contributed by atoms with Crippen LogP contribution in [0.2, 0.25) is 0 Å². The van der Waals surface area contributed by atoms with Crippen LogP contribution in [0.5, 0.6) is 11.5 Å². The molecule has 0 spiro atoms. The number of ether oxygens (including phenoxy) is 2. The lowest BCUT2D eigenvalue weighted by Crippen LogP contribution is -2.30. The highest BCUT2D eigenvalue weighted by Gasteiger charge is 2.34. The van der Waals surface area contributed by atoms with E-state index in [1.165, 1.54) is 5.56 Å². The number of benzene rings is 2. The largest absolute Gasteiger partial charge is 0.490 e. The van der Waals surface area contributed by atoms with E-state index >= 15 is 0 Å². The molecule has 1 aliphatic rings. The maximum atomic E-state index is 12.7. The molecule has 1 saturated heterocycles. The summed E-state index contributed by atoms with van der Waals surface area (Å²) in [6.45, 7) is 7.44. The average Bonchev–Trinajstić information content (AvgIpc) is 2.91. The van der Waals surface area contributed by atoms with Gasteiger partial charge in [0.2, 0.25) is 0 Å². The topological polar surface area (TPSA) is 42.0 Å². The van der Waals surface area contributed by atoms with Crippen LogP contribution in [0.15, 0.2) is 42.1 Å². The van der Waals surface area contributed by atoms with Crippen LogP contribution in [-0.2, 0) is 11.4 Å². The first kappa shape index (κ1) is 22.6. The number of amides is 1. The Kier molecular flexibility index (Phi) is 7.36. The van der Waals surface area contributed by atoms with Gasteiger partial charge in [-0.2, -0.15) is 0 Å². The average molecular weight is 536 g/mol. The molecule has 2 aromatic rings. The van der Waals surface area contributed by atoms with Gasteiger partial charge < -0.3 is 14.4 Å². The Hall–Kier alpha value is -2.13. The number of thiocarbonyl (C=S) groups is 1. The second kappa shape index (κ2) is 9.78. The van der Waals surface area contributed by atoms with Gasteiger partial charge in [-0.15, -0.1) is 0 Å². The van der Waals surface area contributed by atoms with Crippen molar-refractivity contribution in [2.75, 3.05) is 20.2 Å². The third-order valence-corrected chi connectivity index (χ3v) is 6.09. The van der Waals surface area contributed by atoms with E-state index in [1.807, 2.05) is 39.1 Å². The number of aryl methyl sites for hydroxylation is 1. The first-order chi connectivity index (χ1) is 14.3. The number of likely N-dealkylation sites (N-methyl/N-ethyl adjacent to an activating group) is 2. The van der Waals surface area contributed by atoms with E-state index in [1.54, 1.807) is 9.80 Å². The second-order valence-corrected chi connectivity index (χ2v) is 8.49. The highest BCUT2D eigenvalue weighted by Crippen LogP contribution is 2.36. The van der Waals surface area contributed by atoms with Crippen molar-refractivity contribution in [3.63, 3.8) is 0 Å². The van der Waals surface area contributed by atoms with Gasteiger partial charge >= 0.3 is 0 Å². The minimum atomic E-state index is -0.0855. The molecule has 158 valence electrons. The summed E-state index contributed by atoms with van der Waals surface area (Å²) in [7, 11) is 1.81. The van der Waals surface area contributed by atoms with Crippen molar-refractivity contribution in [3.8, 4) is 11.5 Å². The molecule has 0 unspecified atom stereocenters. The van der Waals surface area contributed by atoms with Crippen LogP contribution in [0.4, 0.5) is 0 Å². The number of halogens is 1. The Morgan fingerprint density at radius 1 is 1.13 bits per heavy atom. The molecular weight excluding hydrogens is 511 g/mol. The van der Waals surface area contributed by atoms with Crippen LogP contribution in [-0.4, -0.2) is 41.0 Å². The first-order valence-corrected chi connectivity index (χ1v) is 11.3. The highest BCUT2D eigenvalue weighted by molar-refractivity contribution is 14.1. The summed E-state index contributed by atoms with van der Waals surface area (Å²) in [6, 6.07) is 12.2. The Labute approximate surface area is 196 Å². The van der Waals surface area contributed by atoms with Crippen LogP contribution < -0.4 is 9.47 Å². The van der Waals surface area contributed by atoms with Crippen LogP contribution in [0.25, 0.3) is 6.08 Å². The summed E-state index contributed by atoms with van der Waals surface area (Å²) in [5, 5.41) is 0.520. The van der Waals surface area contributed by atoms with E-state index in [9.17, 15) is 4.79 Å². The second-order valence-electron chi connectivity index (χ2n) is 6.96. The fourth-order valence-corrected chi connectivity index (χ4v) is 4.25. The van der Waals surface area contributed by atoms with Gasteiger partial charge in [-0.05, 0) is 84.9 Å².